The molecule has 1 aliphatic heterocycles. The van der Waals surface area contributed by atoms with Crippen molar-refractivity contribution in [1.82, 2.24) is 14.5 Å². The summed E-state index contributed by atoms with van der Waals surface area (Å²) in [5, 5.41) is 0. The third-order valence-electron chi connectivity index (χ3n) is 5.13. The molecule has 3 aromatic rings. The van der Waals surface area contributed by atoms with Crippen molar-refractivity contribution in [3.05, 3.63) is 80.1 Å². The average molecular weight is 397 g/mol. The van der Waals surface area contributed by atoms with Gasteiger partial charge in [-0.05, 0) is 42.8 Å². The highest BCUT2D eigenvalue weighted by molar-refractivity contribution is 5.97. The highest BCUT2D eigenvalue weighted by Crippen LogP contribution is 2.24. The summed E-state index contributed by atoms with van der Waals surface area (Å²) in [6.45, 7) is 3.28. The van der Waals surface area contributed by atoms with Crippen molar-refractivity contribution in [2.75, 3.05) is 19.7 Å². The van der Waals surface area contributed by atoms with E-state index in [0.29, 0.717) is 42.8 Å². The van der Waals surface area contributed by atoms with E-state index in [1.54, 1.807) is 42.2 Å². The summed E-state index contributed by atoms with van der Waals surface area (Å²) >= 11 is 0. The van der Waals surface area contributed by atoms with E-state index in [0.717, 1.165) is 5.56 Å². The number of nitrogens with one attached hydrogen (secondary N) is 1. The SMILES string of the molecule is CCn1c(=O)c(=O)[nH]c2cc(C(=O)N3CCOC(c4ccc(F)cc4)C3)ccc21. The van der Waals surface area contributed by atoms with Crippen LogP contribution in [0.25, 0.3) is 11.0 Å². The van der Waals surface area contributed by atoms with Gasteiger partial charge in [0, 0.05) is 18.7 Å². The van der Waals surface area contributed by atoms with Crippen molar-refractivity contribution < 1.29 is 13.9 Å². The molecule has 0 aliphatic carbocycles. The van der Waals surface area contributed by atoms with Gasteiger partial charge in [0.25, 0.3) is 5.91 Å². The van der Waals surface area contributed by atoms with Crippen LogP contribution in [0.1, 0.15) is 28.9 Å². The first kappa shape index (κ1) is 19.1. The molecule has 0 saturated carbocycles. The molecule has 1 fully saturated rings. The zero-order valence-electron chi connectivity index (χ0n) is 15.9. The van der Waals surface area contributed by atoms with Crippen molar-refractivity contribution in [2.45, 2.75) is 19.6 Å². The molecular formula is C21H20FN3O4. The zero-order valence-corrected chi connectivity index (χ0v) is 15.9. The number of ether oxygens (including phenoxy) is 1. The van der Waals surface area contributed by atoms with Crippen LogP contribution in [0.5, 0.6) is 0 Å². The predicted octanol–water partition coefficient (Wildman–Crippen LogP) is 2.06. The predicted molar refractivity (Wildman–Crippen MR) is 105 cm³/mol. The number of aromatic amines is 1. The number of morpholine rings is 1. The van der Waals surface area contributed by atoms with Crippen molar-refractivity contribution >= 4 is 16.9 Å². The third-order valence-corrected chi connectivity index (χ3v) is 5.13. The van der Waals surface area contributed by atoms with Crippen LogP contribution in [-0.2, 0) is 11.3 Å². The third kappa shape index (κ3) is 3.58. The number of aryl methyl sites for hydroxylation is 1. The number of hydrogen-bond acceptors (Lipinski definition) is 4. The van der Waals surface area contributed by atoms with E-state index in [9.17, 15) is 18.8 Å². The Morgan fingerprint density at radius 1 is 1.21 bits per heavy atom. The molecule has 7 nitrogen and oxygen atoms in total. The molecule has 0 bridgehead atoms. The van der Waals surface area contributed by atoms with Crippen LogP contribution in [0.4, 0.5) is 4.39 Å². The lowest BCUT2D eigenvalue weighted by atomic mass is 10.1. The minimum atomic E-state index is -0.716. The normalized spacial score (nSPS) is 16.9. The fraction of sp³-hybridized carbons (Fsp3) is 0.286. The van der Waals surface area contributed by atoms with Crippen LogP contribution in [0.2, 0.25) is 0 Å². The largest absolute Gasteiger partial charge is 0.370 e. The molecule has 1 amide bonds. The van der Waals surface area contributed by atoms with E-state index < -0.39 is 11.1 Å². The maximum Gasteiger partial charge on any atom is 0.316 e. The number of carbonyl (C=O) groups excluding carboxylic acids is 1. The molecule has 2 aromatic carbocycles. The van der Waals surface area contributed by atoms with Gasteiger partial charge in [-0.25, -0.2) is 4.39 Å². The minimum absolute atomic E-state index is 0.197. The Morgan fingerprint density at radius 2 is 1.97 bits per heavy atom. The molecular weight excluding hydrogens is 377 g/mol. The maximum absolute atomic E-state index is 13.2. The Balaban J connectivity index is 1.62. The number of aromatic nitrogens is 2. The molecule has 2 heterocycles. The molecule has 1 saturated heterocycles. The quantitative estimate of drug-likeness (QED) is 0.686. The fourth-order valence-electron chi connectivity index (χ4n) is 3.62. The summed E-state index contributed by atoms with van der Waals surface area (Å²) in [5.41, 5.74) is 0.888. The lowest BCUT2D eigenvalue weighted by Gasteiger charge is -2.33. The second-order valence-corrected chi connectivity index (χ2v) is 6.90. The number of carbonyl (C=O) groups is 1. The standard InChI is InChI=1S/C21H20FN3O4/c1-2-25-17-8-5-14(11-16(17)23-19(26)21(25)28)20(27)24-9-10-29-18(12-24)13-3-6-15(22)7-4-13/h3-8,11,18H,2,9-10,12H2,1H3,(H,23,26). The number of hydrogen-bond donors (Lipinski definition) is 1. The van der Waals surface area contributed by atoms with Gasteiger partial charge in [-0.3, -0.25) is 14.4 Å². The number of halogens is 1. The Bertz CT molecular complexity index is 1180. The van der Waals surface area contributed by atoms with E-state index >= 15 is 0 Å². The molecule has 4 rings (SSSR count). The molecule has 1 aliphatic rings. The first-order valence-electron chi connectivity index (χ1n) is 9.41. The fourth-order valence-corrected chi connectivity index (χ4v) is 3.62. The maximum atomic E-state index is 13.2. The first-order chi connectivity index (χ1) is 14.0. The Labute approximate surface area is 165 Å². The summed E-state index contributed by atoms with van der Waals surface area (Å²) in [6.07, 6.45) is -0.334. The second-order valence-electron chi connectivity index (χ2n) is 6.90. The van der Waals surface area contributed by atoms with E-state index in [-0.39, 0.29) is 17.8 Å². The molecule has 1 atom stereocenters. The zero-order chi connectivity index (χ0) is 20.5. The van der Waals surface area contributed by atoms with E-state index in [1.165, 1.54) is 16.7 Å². The molecule has 1 aromatic heterocycles. The van der Waals surface area contributed by atoms with Crippen LogP contribution in [0.3, 0.4) is 0 Å². The summed E-state index contributed by atoms with van der Waals surface area (Å²) < 4.78 is 20.3. The van der Waals surface area contributed by atoms with Gasteiger partial charge < -0.3 is 19.2 Å². The van der Waals surface area contributed by atoms with Gasteiger partial charge in [0.1, 0.15) is 11.9 Å². The highest BCUT2D eigenvalue weighted by Gasteiger charge is 2.26. The summed E-state index contributed by atoms with van der Waals surface area (Å²) in [4.78, 5) is 41.1. The second kappa shape index (κ2) is 7.63. The molecule has 0 spiro atoms. The van der Waals surface area contributed by atoms with Crippen molar-refractivity contribution in [3.63, 3.8) is 0 Å². The van der Waals surface area contributed by atoms with Gasteiger partial charge in [-0.1, -0.05) is 12.1 Å². The minimum Gasteiger partial charge on any atom is -0.370 e. The van der Waals surface area contributed by atoms with Crippen molar-refractivity contribution in [3.8, 4) is 0 Å². The van der Waals surface area contributed by atoms with Crippen molar-refractivity contribution in [2.24, 2.45) is 0 Å². The van der Waals surface area contributed by atoms with E-state index in [1.807, 2.05) is 0 Å². The van der Waals surface area contributed by atoms with Crippen LogP contribution in [-0.4, -0.2) is 40.1 Å². The van der Waals surface area contributed by atoms with Gasteiger partial charge in [0.15, 0.2) is 0 Å². The van der Waals surface area contributed by atoms with Gasteiger partial charge in [-0.15, -0.1) is 0 Å². The van der Waals surface area contributed by atoms with Crippen LogP contribution in [0, 0.1) is 5.82 Å². The number of amides is 1. The molecule has 1 unspecified atom stereocenters. The number of fused-ring (bicyclic) bond motifs is 1. The molecule has 0 radical (unpaired) electrons. The van der Waals surface area contributed by atoms with Gasteiger partial charge in [0.2, 0.25) is 0 Å². The summed E-state index contributed by atoms with van der Waals surface area (Å²) in [7, 11) is 0. The van der Waals surface area contributed by atoms with Gasteiger partial charge in [0.05, 0.1) is 24.2 Å². The number of H-pyrrole nitrogens is 1. The molecule has 1 N–H and O–H groups in total. The molecule has 8 heteroatoms. The molecule has 150 valence electrons. The lowest BCUT2D eigenvalue weighted by molar-refractivity contribution is -0.0228. The van der Waals surface area contributed by atoms with E-state index in [2.05, 4.69) is 4.98 Å². The van der Waals surface area contributed by atoms with Crippen LogP contribution in [0.15, 0.2) is 52.1 Å². The Morgan fingerprint density at radius 3 is 2.69 bits per heavy atom. The van der Waals surface area contributed by atoms with Crippen LogP contribution >= 0.6 is 0 Å². The first-order valence-corrected chi connectivity index (χ1v) is 9.41. The summed E-state index contributed by atoms with van der Waals surface area (Å²) in [6, 6.07) is 10.9. The smallest absolute Gasteiger partial charge is 0.316 e. The van der Waals surface area contributed by atoms with Gasteiger partial charge in [-0.2, -0.15) is 0 Å². The monoisotopic (exact) mass is 397 g/mol. The van der Waals surface area contributed by atoms with Gasteiger partial charge >= 0.3 is 11.1 Å². The van der Waals surface area contributed by atoms with Crippen molar-refractivity contribution in [1.29, 1.82) is 0 Å². The Hall–Kier alpha value is -3.26. The lowest BCUT2D eigenvalue weighted by Crippen LogP contribution is -2.42. The summed E-state index contributed by atoms with van der Waals surface area (Å²) in [5.74, 6) is -0.523. The number of nitrogens with zero attached hydrogens (tertiary/aromatic N) is 2. The average Bonchev–Trinajstić information content (AvgIpc) is 2.74. The van der Waals surface area contributed by atoms with Crippen LogP contribution < -0.4 is 11.1 Å². The molecule has 29 heavy (non-hydrogen) atoms. The number of rotatable bonds is 3. The topological polar surface area (TPSA) is 84.4 Å². The Kier molecular flexibility index (Phi) is 5.02. The van der Waals surface area contributed by atoms with E-state index in [4.69, 9.17) is 4.74 Å². The number of benzene rings is 2. The highest BCUT2D eigenvalue weighted by atomic mass is 19.1.